The van der Waals surface area contributed by atoms with Crippen LogP contribution in [0.1, 0.15) is 20.7 Å². The van der Waals surface area contributed by atoms with Gasteiger partial charge in [-0.3, -0.25) is 0 Å². The maximum absolute atomic E-state index is 12.9. The number of hydrogen-bond donors (Lipinski definition) is 2. The monoisotopic (exact) mass is 426 g/mol. The fourth-order valence-corrected chi connectivity index (χ4v) is 1.61. The Morgan fingerprint density at radius 2 is 1.07 bits per heavy atom. The molecule has 0 aliphatic carbocycles. The van der Waals surface area contributed by atoms with Crippen molar-refractivity contribution in [2.75, 3.05) is 13.2 Å². The third kappa shape index (κ3) is 5.60. The summed E-state index contributed by atoms with van der Waals surface area (Å²) >= 11 is 0. The Morgan fingerprint density at radius 3 is 1.29 bits per heavy atom. The van der Waals surface area contributed by atoms with Crippen LogP contribution in [-0.2, 0) is 0 Å². The van der Waals surface area contributed by atoms with E-state index in [9.17, 15) is 44.7 Å². The number of alkyl halides is 8. The molecule has 0 saturated heterocycles. The van der Waals surface area contributed by atoms with Crippen molar-refractivity contribution in [2.45, 2.75) is 24.7 Å². The molecule has 0 unspecified atom stereocenters. The normalized spacial score (nSPS) is 12.4. The Labute approximate surface area is 150 Å². The number of halogens is 8. The SMILES string of the molecule is O=C(O)c1cc(OCC(F)(F)C(F)F)c(C(=O)O)cc1OCC(F)(F)C(F)F. The van der Waals surface area contributed by atoms with E-state index in [1.54, 1.807) is 0 Å². The number of carbonyl (C=O) groups is 2. The Morgan fingerprint density at radius 1 is 0.786 bits per heavy atom. The first-order valence-electron chi connectivity index (χ1n) is 6.91. The molecule has 2 N–H and O–H groups in total. The lowest BCUT2D eigenvalue weighted by atomic mass is 10.1. The van der Waals surface area contributed by atoms with Gasteiger partial charge in [0.15, 0.2) is 13.2 Å². The van der Waals surface area contributed by atoms with Crippen molar-refractivity contribution < 1.29 is 64.4 Å². The molecule has 0 aliphatic heterocycles. The van der Waals surface area contributed by atoms with Gasteiger partial charge in [0.05, 0.1) is 0 Å². The second kappa shape index (κ2) is 8.48. The van der Waals surface area contributed by atoms with E-state index in [0.29, 0.717) is 0 Å². The largest absolute Gasteiger partial charge is 0.486 e. The molecule has 158 valence electrons. The predicted molar refractivity (Wildman–Crippen MR) is 73.3 cm³/mol. The summed E-state index contributed by atoms with van der Waals surface area (Å²) in [5, 5.41) is 18.0. The molecule has 0 fully saturated rings. The Hall–Kier alpha value is -2.80. The van der Waals surface area contributed by atoms with Crippen LogP contribution in [0, 0.1) is 0 Å². The van der Waals surface area contributed by atoms with Crippen molar-refractivity contribution in [3.63, 3.8) is 0 Å². The first-order chi connectivity index (χ1) is 12.7. The molecular formula is C14H10F8O6. The van der Waals surface area contributed by atoms with E-state index in [1.165, 1.54) is 0 Å². The van der Waals surface area contributed by atoms with Crippen LogP contribution in [0.5, 0.6) is 11.5 Å². The maximum Gasteiger partial charge on any atom is 0.340 e. The van der Waals surface area contributed by atoms with E-state index in [0.717, 1.165) is 0 Å². The highest BCUT2D eigenvalue weighted by atomic mass is 19.3. The molecule has 6 nitrogen and oxygen atoms in total. The number of hydrogen-bond acceptors (Lipinski definition) is 4. The van der Waals surface area contributed by atoms with Gasteiger partial charge in [0.2, 0.25) is 0 Å². The summed E-state index contributed by atoms with van der Waals surface area (Å²) in [4.78, 5) is 22.3. The number of carboxylic acid groups (broad SMARTS) is 2. The second-order valence-corrected chi connectivity index (χ2v) is 5.16. The molecule has 0 bridgehead atoms. The van der Waals surface area contributed by atoms with Crippen LogP contribution in [-0.4, -0.2) is 60.1 Å². The van der Waals surface area contributed by atoms with Gasteiger partial charge in [0, 0.05) is 0 Å². The van der Waals surface area contributed by atoms with Crippen LogP contribution >= 0.6 is 0 Å². The quantitative estimate of drug-likeness (QED) is 0.555. The first kappa shape index (κ1) is 23.2. The number of aromatic carboxylic acids is 2. The molecule has 0 heterocycles. The van der Waals surface area contributed by atoms with E-state index in [1.807, 2.05) is 0 Å². The standard InChI is InChI=1S/C14H10F8O6/c15-11(16)13(19,20)3-27-7-1-5(9(23)24)8(2-6(7)10(25)26)28-4-14(21,22)12(17)18/h1-2,11-12H,3-4H2,(H,23,24)(H,25,26). The molecule has 0 spiro atoms. The molecular weight excluding hydrogens is 416 g/mol. The van der Waals surface area contributed by atoms with Crippen LogP contribution in [0.3, 0.4) is 0 Å². The molecule has 28 heavy (non-hydrogen) atoms. The zero-order chi connectivity index (χ0) is 21.9. The highest BCUT2D eigenvalue weighted by molar-refractivity contribution is 5.97. The van der Waals surface area contributed by atoms with E-state index in [-0.39, 0.29) is 12.1 Å². The third-order valence-corrected chi connectivity index (χ3v) is 3.02. The summed E-state index contributed by atoms with van der Waals surface area (Å²) in [6.07, 6.45) is -8.36. The molecule has 0 saturated carbocycles. The Kier molecular flexibility index (Phi) is 7.04. The van der Waals surface area contributed by atoms with E-state index < -0.39 is 72.5 Å². The third-order valence-electron chi connectivity index (χ3n) is 3.02. The summed E-state index contributed by atoms with van der Waals surface area (Å²) in [5.74, 6) is -15.6. The number of benzene rings is 1. The van der Waals surface area contributed by atoms with Crippen molar-refractivity contribution in [1.29, 1.82) is 0 Å². The van der Waals surface area contributed by atoms with E-state index >= 15 is 0 Å². The van der Waals surface area contributed by atoms with E-state index in [2.05, 4.69) is 9.47 Å². The summed E-state index contributed by atoms with van der Waals surface area (Å²) in [6.45, 7) is -4.07. The van der Waals surface area contributed by atoms with Gasteiger partial charge in [-0.25, -0.2) is 27.2 Å². The zero-order valence-electron chi connectivity index (χ0n) is 13.3. The maximum atomic E-state index is 12.9. The second-order valence-electron chi connectivity index (χ2n) is 5.16. The first-order valence-corrected chi connectivity index (χ1v) is 6.91. The van der Waals surface area contributed by atoms with Crippen LogP contribution in [0.4, 0.5) is 35.1 Å². The molecule has 1 aromatic carbocycles. The molecule has 0 amide bonds. The van der Waals surface area contributed by atoms with Crippen molar-refractivity contribution >= 4 is 11.9 Å². The topological polar surface area (TPSA) is 93.1 Å². The summed E-state index contributed by atoms with van der Waals surface area (Å²) < 4.78 is 109. The average molecular weight is 426 g/mol. The lowest BCUT2D eigenvalue weighted by Crippen LogP contribution is -2.34. The zero-order valence-corrected chi connectivity index (χ0v) is 13.3. The van der Waals surface area contributed by atoms with Crippen LogP contribution < -0.4 is 9.47 Å². The van der Waals surface area contributed by atoms with Crippen molar-refractivity contribution in [1.82, 2.24) is 0 Å². The van der Waals surface area contributed by atoms with Gasteiger partial charge >= 0.3 is 36.6 Å². The van der Waals surface area contributed by atoms with Gasteiger partial charge in [0.1, 0.15) is 22.6 Å². The van der Waals surface area contributed by atoms with Gasteiger partial charge in [-0.05, 0) is 12.1 Å². The predicted octanol–water partition coefficient (Wildman–Crippen LogP) is 3.64. The number of rotatable bonds is 10. The molecule has 1 aromatic rings. The van der Waals surface area contributed by atoms with Crippen molar-refractivity contribution in [3.05, 3.63) is 23.3 Å². The molecule has 0 atom stereocenters. The number of carboxylic acids is 2. The lowest BCUT2D eigenvalue weighted by Gasteiger charge is -2.20. The lowest BCUT2D eigenvalue weighted by molar-refractivity contribution is -0.148. The van der Waals surface area contributed by atoms with Gasteiger partial charge in [-0.1, -0.05) is 0 Å². The van der Waals surface area contributed by atoms with Crippen LogP contribution in [0.15, 0.2) is 12.1 Å². The van der Waals surface area contributed by atoms with Gasteiger partial charge in [-0.15, -0.1) is 0 Å². The van der Waals surface area contributed by atoms with Crippen molar-refractivity contribution in [2.24, 2.45) is 0 Å². The molecule has 0 radical (unpaired) electrons. The highest BCUT2D eigenvalue weighted by Gasteiger charge is 2.43. The fraction of sp³-hybridized carbons (Fsp3) is 0.429. The minimum atomic E-state index is -4.71. The fourth-order valence-electron chi connectivity index (χ4n) is 1.61. The van der Waals surface area contributed by atoms with Crippen LogP contribution in [0.2, 0.25) is 0 Å². The molecule has 0 aliphatic rings. The highest BCUT2D eigenvalue weighted by Crippen LogP contribution is 2.33. The van der Waals surface area contributed by atoms with Crippen molar-refractivity contribution in [3.8, 4) is 11.5 Å². The minimum Gasteiger partial charge on any atom is -0.486 e. The Balaban J connectivity index is 3.28. The average Bonchev–Trinajstić information content (AvgIpc) is 2.57. The summed E-state index contributed by atoms with van der Waals surface area (Å²) in [5.41, 5.74) is -2.24. The minimum absolute atomic E-state index is 0.239. The molecule has 14 heteroatoms. The van der Waals surface area contributed by atoms with Gasteiger partial charge in [0.25, 0.3) is 0 Å². The Bertz CT molecular complexity index is 675. The molecule has 1 rings (SSSR count). The van der Waals surface area contributed by atoms with Crippen LogP contribution in [0.25, 0.3) is 0 Å². The van der Waals surface area contributed by atoms with Gasteiger partial charge < -0.3 is 19.7 Å². The van der Waals surface area contributed by atoms with E-state index in [4.69, 9.17) is 10.2 Å². The van der Waals surface area contributed by atoms with Gasteiger partial charge in [-0.2, -0.15) is 17.6 Å². The summed E-state index contributed by atoms with van der Waals surface area (Å²) in [6, 6.07) is 0.479. The number of ether oxygens (including phenoxy) is 2. The summed E-state index contributed by atoms with van der Waals surface area (Å²) in [7, 11) is 0. The smallest absolute Gasteiger partial charge is 0.340 e. The molecule has 0 aromatic heterocycles.